The number of aromatic nitrogens is 4. The van der Waals surface area contributed by atoms with Crippen LogP contribution in [0.1, 0.15) is 20.8 Å². The Bertz CT molecular complexity index is 1260. The Morgan fingerprint density at radius 2 is 1.79 bits per heavy atom. The second kappa shape index (κ2) is 9.07. The number of fused-ring (bicyclic) bond motifs is 1. The fourth-order valence-corrected chi connectivity index (χ4v) is 3.61. The number of benzene rings is 2. The molecule has 4 rings (SSSR count). The summed E-state index contributed by atoms with van der Waals surface area (Å²) in [5.41, 5.74) is 4.57. The molecule has 2 aromatic heterocycles. The fraction of sp³-hybridized carbons (Fsp3) is 0.320. The highest BCUT2D eigenvalue weighted by molar-refractivity contribution is 5.82. The number of aliphatic hydroxyl groups excluding tert-OH is 1. The van der Waals surface area contributed by atoms with E-state index in [1.807, 2.05) is 75.3 Å². The highest BCUT2D eigenvalue weighted by atomic mass is 16.5. The zero-order valence-electron chi connectivity index (χ0n) is 19.6. The van der Waals surface area contributed by atoms with Crippen LogP contribution >= 0.6 is 0 Å². The van der Waals surface area contributed by atoms with Gasteiger partial charge in [0.25, 0.3) is 0 Å². The lowest BCUT2D eigenvalue weighted by molar-refractivity contribution is 0.130. The topological polar surface area (TPSA) is 85.5 Å². The van der Waals surface area contributed by atoms with Crippen LogP contribution in [0.25, 0.3) is 22.3 Å². The SMILES string of the molecule is COc1cc(OC(C)(C)C)cc(N(CCO)c2ccc3ncc(-c4cnn(C)c4)nc3c2)c1. The number of methoxy groups -OCH3 is 1. The third kappa shape index (κ3) is 5.23. The average Bonchev–Trinajstić information content (AvgIpc) is 3.21. The Hall–Kier alpha value is -3.65. The molecule has 2 aromatic carbocycles. The fourth-order valence-electron chi connectivity index (χ4n) is 3.61. The van der Waals surface area contributed by atoms with Gasteiger partial charge in [0.1, 0.15) is 17.1 Å². The van der Waals surface area contributed by atoms with E-state index in [-0.39, 0.29) is 12.2 Å². The van der Waals surface area contributed by atoms with Crippen LogP contribution in [0.5, 0.6) is 11.5 Å². The first-order valence-corrected chi connectivity index (χ1v) is 10.8. The van der Waals surface area contributed by atoms with E-state index in [0.717, 1.165) is 33.7 Å². The van der Waals surface area contributed by atoms with Crippen molar-refractivity contribution in [2.75, 3.05) is 25.2 Å². The lowest BCUT2D eigenvalue weighted by Crippen LogP contribution is -2.24. The molecule has 0 fully saturated rings. The van der Waals surface area contributed by atoms with Crippen molar-refractivity contribution in [2.24, 2.45) is 7.05 Å². The number of aliphatic hydroxyl groups is 1. The summed E-state index contributed by atoms with van der Waals surface area (Å²) in [6.07, 6.45) is 5.43. The second-order valence-electron chi connectivity index (χ2n) is 8.79. The minimum atomic E-state index is -0.354. The van der Waals surface area contributed by atoms with Gasteiger partial charge in [-0.2, -0.15) is 5.10 Å². The summed E-state index contributed by atoms with van der Waals surface area (Å²) in [5.74, 6) is 1.37. The molecule has 4 aromatic rings. The lowest BCUT2D eigenvalue weighted by atomic mass is 10.1. The smallest absolute Gasteiger partial charge is 0.125 e. The van der Waals surface area contributed by atoms with Crippen molar-refractivity contribution in [1.82, 2.24) is 19.7 Å². The third-order valence-corrected chi connectivity index (χ3v) is 5.00. The maximum Gasteiger partial charge on any atom is 0.125 e. The molecule has 172 valence electrons. The molecule has 2 heterocycles. The predicted molar refractivity (Wildman–Crippen MR) is 129 cm³/mol. The maximum atomic E-state index is 9.81. The Balaban J connectivity index is 1.77. The molecular formula is C25H29N5O3. The minimum Gasteiger partial charge on any atom is -0.497 e. The summed E-state index contributed by atoms with van der Waals surface area (Å²) in [6.45, 7) is 6.37. The summed E-state index contributed by atoms with van der Waals surface area (Å²) in [4.78, 5) is 11.4. The zero-order valence-corrected chi connectivity index (χ0v) is 19.6. The Labute approximate surface area is 193 Å². The molecule has 33 heavy (non-hydrogen) atoms. The largest absolute Gasteiger partial charge is 0.497 e. The van der Waals surface area contributed by atoms with Gasteiger partial charge in [-0.3, -0.25) is 9.67 Å². The molecule has 0 spiro atoms. The van der Waals surface area contributed by atoms with E-state index in [9.17, 15) is 5.11 Å². The molecule has 1 N–H and O–H groups in total. The monoisotopic (exact) mass is 447 g/mol. The van der Waals surface area contributed by atoms with E-state index < -0.39 is 0 Å². The molecule has 8 heteroatoms. The molecule has 0 unspecified atom stereocenters. The molecule has 0 atom stereocenters. The van der Waals surface area contributed by atoms with Crippen molar-refractivity contribution in [1.29, 1.82) is 0 Å². The molecule has 8 nitrogen and oxygen atoms in total. The van der Waals surface area contributed by atoms with Gasteiger partial charge in [-0.05, 0) is 39.0 Å². The van der Waals surface area contributed by atoms with Crippen molar-refractivity contribution in [3.8, 4) is 22.8 Å². The van der Waals surface area contributed by atoms with Gasteiger partial charge >= 0.3 is 0 Å². The molecule has 0 radical (unpaired) electrons. The minimum absolute atomic E-state index is 0.0217. The first-order valence-electron chi connectivity index (χ1n) is 10.8. The summed E-state index contributed by atoms with van der Waals surface area (Å²) in [7, 11) is 3.50. The van der Waals surface area contributed by atoms with Crippen molar-refractivity contribution >= 4 is 22.4 Å². The quantitative estimate of drug-likeness (QED) is 0.451. The van der Waals surface area contributed by atoms with E-state index in [1.54, 1.807) is 24.2 Å². The van der Waals surface area contributed by atoms with Crippen molar-refractivity contribution in [3.63, 3.8) is 0 Å². The highest BCUT2D eigenvalue weighted by Crippen LogP contribution is 2.35. The molecule has 0 aliphatic rings. The van der Waals surface area contributed by atoms with Gasteiger partial charge in [0.15, 0.2) is 0 Å². The number of nitrogens with zero attached hydrogens (tertiary/aromatic N) is 5. The number of ether oxygens (including phenoxy) is 2. The Morgan fingerprint density at radius 1 is 1.00 bits per heavy atom. The number of hydrogen-bond donors (Lipinski definition) is 1. The summed E-state index contributed by atoms with van der Waals surface area (Å²) in [6, 6.07) is 11.6. The Morgan fingerprint density at radius 3 is 2.45 bits per heavy atom. The number of aryl methyl sites for hydroxylation is 1. The van der Waals surface area contributed by atoms with E-state index in [4.69, 9.17) is 14.5 Å². The molecule has 0 saturated heterocycles. The summed E-state index contributed by atoms with van der Waals surface area (Å²) in [5, 5.41) is 14.0. The standard InChI is InChI=1S/C25H29N5O3/c1-25(2,3)33-21-11-19(10-20(13-21)32-5)30(8-9-31)18-6-7-22-23(12-18)28-24(15-26-22)17-14-27-29(4)16-17/h6-7,10-16,31H,8-9H2,1-5H3. The van der Waals surface area contributed by atoms with E-state index in [1.165, 1.54) is 0 Å². The van der Waals surface area contributed by atoms with Crippen molar-refractivity contribution in [2.45, 2.75) is 26.4 Å². The van der Waals surface area contributed by atoms with Gasteiger partial charge in [-0.25, -0.2) is 4.98 Å². The van der Waals surface area contributed by atoms with Crippen LogP contribution in [-0.2, 0) is 7.05 Å². The van der Waals surface area contributed by atoms with Gasteiger partial charge in [0.05, 0.1) is 42.8 Å². The molecule has 0 aliphatic carbocycles. The first kappa shape index (κ1) is 22.5. The maximum absolute atomic E-state index is 9.81. The molecule has 0 bridgehead atoms. The third-order valence-electron chi connectivity index (χ3n) is 5.00. The molecular weight excluding hydrogens is 418 g/mol. The van der Waals surface area contributed by atoms with E-state index >= 15 is 0 Å². The number of anilines is 2. The first-order chi connectivity index (χ1) is 15.8. The number of hydrogen-bond acceptors (Lipinski definition) is 7. The van der Waals surface area contributed by atoms with Crippen LogP contribution in [0.2, 0.25) is 0 Å². The zero-order chi connectivity index (χ0) is 23.6. The van der Waals surface area contributed by atoms with Crippen LogP contribution in [0, 0.1) is 0 Å². The van der Waals surface area contributed by atoms with Gasteiger partial charge in [0, 0.05) is 54.9 Å². The van der Waals surface area contributed by atoms with Crippen LogP contribution in [0.3, 0.4) is 0 Å². The Kier molecular flexibility index (Phi) is 6.20. The van der Waals surface area contributed by atoms with Crippen LogP contribution in [0.4, 0.5) is 11.4 Å². The van der Waals surface area contributed by atoms with E-state index in [2.05, 4.69) is 10.1 Å². The van der Waals surface area contributed by atoms with Gasteiger partial charge in [-0.15, -0.1) is 0 Å². The average molecular weight is 448 g/mol. The number of rotatable bonds is 7. The van der Waals surface area contributed by atoms with Crippen LogP contribution in [0.15, 0.2) is 55.0 Å². The molecule has 0 saturated carbocycles. The van der Waals surface area contributed by atoms with Crippen LogP contribution in [-0.4, -0.2) is 50.7 Å². The van der Waals surface area contributed by atoms with E-state index in [0.29, 0.717) is 18.0 Å². The van der Waals surface area contributed by atoms with Crippen molar-refractivity contribution < 1.29 is 14.6 Å². The highest BCUT2D eigenvalue weighted by Gasteiger charge is 2.17. The van der Waals surface area contributed by atoms with Gasteiger partial charge in [-0.1, -0.05) is 0 Å². The molecule has 0 amide bonds. The normalized spacial score (nSPS) is 11.6. The predicted octanol–water partition coefficient (Wildman–Crippen LogP) is 4.35. The van der Waals surface area contributed by atoms with Gasteiger partial charge in [0.2, 0.25) is 0 Å². The second-order valence-corrected chi connectivity index (χ2v) is 8.79. The van der Waals surface area contributed by atoms with Gasteiger partial charge < -0.3 is 19.5 Å². The lowest BCUT2D eigenvalue weighted by Gasteiger charge is -2.27. The summed E-state index contributed by atoms with van der Waals surface area (Å²) < 4.78 is 13.3. The molecule has 0 aliphatic heterocycles. The van der Waals surface area contributed by atoms with Crippen molar-refractivity contribution in [3.05, 3.63) is 55.0 Å². The summed E-state index contributed by atoms with van der Waals surface area (Å²) >= 11 is 0. The van der Waals surface area contributed by atoms with Crippen LogP contribution < -0.4 is 14.4 Å².